The molecule has 1 amide bonds. The smallest absolute Gasteiger partial charge is 0.416 e. The van der Waals surface area contributed by atoms with Crippen LogP contribution >= 0.6 is 11.3 Å². The Hall–Kier alpha value is -3.05. The number of anilines is 2. The molecule has 2 aromatic carbocycles. The van der Waals surface area contributed by atoms with Crippen molar-refractivity contribution in [2.75, 3.05) is 23.3 Å². The summed E-state index contributed by atoms with van der Waals surface area (Å²) < 4.78 is 71.2. The SMILES string of the molecule is COc1ccccc1N(CC(=O)Nc1cccc(C(F)(F)F)c1)S(=O)(=O)c1cccs1. The quantitative estimate of drug-likeness (QED) is 0.547. The molecule has 1 aromatic heterocycles. The number of nitrogens with zero attached hydrogens (tertiary/aromatic N) is 1. The fourth-order valence-electron chi connectivity index (χ4n) is 2.76. The van der Waals surface area contributed by atoms with E-state index >= 15 is 0 Å². The molecule has 164 valence electrons. The van der Waals surface area contributed by atoms with Gasteiger partial charge in [-0.15, -0.1) is 11.3 Å². The molecule has 0 aliphatic heterocycles. The zero-order valence-corrected chi connectivity index (χ0v) is 17.7. The number of amides is 1. The Morgan fingerprint density at radius 3 is 2.48 bits per heavy atom. The van der Waals surface area contributed by atoms with Gasteiger partial charge in [-0.2, -0.15) is 13.2 Å². The number of methoxy groups -OCH3 is 1. The minimum Gasteiger partial charge on any atom is -0.495 e. The molecule has 11 heteroatoms. The average Bonchev–Trinajstić information content (AvgIpc) is 3.27. The third kappa shape index (κ3) is 5.17. The van der Waals surface area contributed by atoms with Gasteiger partial charge in [0.15, 0.2) is 0 Å². The van der Waals surface area contributed by atoms with Crippen molar-refractivity contribution in [2.45, 2.75) is 10.4 Å². The van der Waals surface area contributed by atoms with Crippen molar-refractivity contribution in [3.63, 3.8) is 0 Å². The van der Waals surface area contributed by atoms with E-state index in [-0.39, 0.29) is 21.3 Å². The molecular weight excluding hydrogens is 453 g/mol. The number of alkyl halides is 3. The molecule has 0 aliphatic rings. The van der Waals surface area contributed by atoms with E-state index in [9.17, 15) is 26.4 Å². The van der Waals surface area contributed by atoms with Gasteiger partial charge in [0, 0.05) is 5.69 Å². The minimum absolute atomic E-state index is 0.00488. The zero-order chi connectivity index (χ0) is 22.6. The average molecular weight is 470 g/mol. The summed E-state index contributed by atoms with van der Waals surface area (Å²) in [5, 5.41) is 3.91. The number of ether oxygens (including phenoxy) is 1. The molecule has 0 unspecified atom stereocenters. The van der Waals surface area contributed by atoms with E-state index in [0.717, 1.165) is 33.8 Å². The highest BCUT2D eigenvalue weighted by Gasteiger charge is 2.32. The van der Waals surface area contributed by atoms with Crippen molar-refractivity contribution < 1.29 is 31.1 Å². The first kappa shape index (κ1) is 22.6. The van der Waals surface area contributed by atoms with Gasteiger partial charge in [0.2, 0.25) is 5.91 Å². The van der Waals surface area contributed by atoms with Crippen LogP contribution in [0.2, 0.25) is 0 Å². The molecular formula is C20H17F3N2O4S2. The molecule has 3 aromatic rings. The molecule has 0 saturated heterocycles. The summed E-state index contributed by atoms with van der Waals surface area (Å²) in [7, 11) is -2.77. The maximum absolute atomic E-state index is 13.2. The Bertz CT molecular complexity index is 1160. The monoisotopic (exact) mass is 470 g/mol. The number of hydrogen-bond acceptors (Lipinski definition) is 5. The maximum atomic E-state index is 13.2. The summed E-state index contributed by atoms with van der Waals surface area (Å²) in [6, 6.07) is 13.3. The van der Waals surface area contributed by atoms with Crippen LogP contribution < -0.4 is 14.4 Å². The van der Waals surface area contributed by atoms with Crippen LogP contribution in [0.1, 0.15) is 5.56 Å². The summed E-state index contributed by atoms with van der Waals surface area (Å²) in [4.78, 5) is 12.6. The number of sulfonamides is 1. The molecule has 0 aliphatic carbocycles. The zero-order valence-electron chi connectivity index (χ0n) is 16.1. The molecule has 31 heavy (non-hydrogen) atoms. The number of para-hydroxylation sites is 2. The first-order valence-electron chi connectivity index (χ1n) is 8.79. The number of thiophene rings is 1. The second-order valence-corrected chi connectivity index (χ2v) is 9.28. The second kappa shape index (κ2) is 8.98. The van der Waals surface area contributed by atoms with E-state index in [0.29, 0.717) is 0 Å². The molecule has 1 heterocycles. The van der Waals surface area contributed by atoms with Crippen LogP contribution in [0.4, 0.5) is 24.5 Å². The Kier molecular flexibility index (Phi) is 6.56. The van der Waals surface area contributed by atoms with Gasteiger partial charge >= 0.3 is 6.18 Å². The molecule has 0 atom stereocenters. The normalized spacial score (nSPS) is 11.7. The first-order chi connectivity index (χ1) is 14.6. The van der Waals surface area contributed by atoms with Crippen LogP contribution in [0.5, 0.6) is 5.75 Å². The van der Waals surface area contributed by atoms with Crippen LogP contribution in [0.15, 0.2) is 70.3 Å². The minimum atomic E-state index is -4.58. The van der Waals surface area contributed by atoms with Crippen LogP contribution in [-0.2, 0) is 21.0 Å². The predicted molar refractivity (Wildman–Crippen MR) is 112 cm³/mol. The third-order valence-corrected chi connectivity index (χ3v) is 7.29. The number of halogens is 3. The lowest BCUT2D eigenvalue weighted by molar-refractivity contribution is -0.137. The largest absolute Gasteiger partial charge is 0.495 e. The molecule has 0 bridgehead atoms. The van der Waals surface area contributed by atoms with Gasteiger partial charge in [-0.1, -0.05) is 24.3 Å². The predicted octanol–water partition coefficient (Wildman–Crippen LogP) is 4.61. The Morgan fingerprint density at radius 1 is 1.10 bits per heavy atom. The Labute approximate surface area is 180 Å². The Balaban J connectivity index is 1.93. The molecule has 0 radical (unpaired) electrons. The van der Waals surface area contributed by atoms with E-state index in [1.165, 1.54) is 31.4 Å². The summed E-state index contributed by atoms with van der Waals surface area (Å²) in [5.74, 6) is -0.597. The summed E-state index contributed by atoms with van der Waals surface area (Å²) in [5.41, 5.74) is -0.913. The lowest BCUT2D eigenvalue weighted by Crippen LogP contribution is -2.38. The van der Waals surface area contributed by atoms with Crippen LogP contribution in [0.25, 0.3) is 0 Å². The summed E-state index contributed by atoms with van der Waals surface area (Å²) in [6.45, 7) is -0.670. The fourth-order valence-corrected chi connectivity index (χ4v) is 5.29. The lowest BCUT2D eigenvalue weighted by atomic mass is 10.2. The maximum Gasteiger partial charge on any atom is 0.416 e. The highest BCUT2D eigenvalue weighted by molar-refractivity contribution is 7.94. The lowest BCUT2D eigenvalue weighted by Gasteiger charge is -2.25. The number of hydrogen-bond donors (Lipinski definition) is 1. The molecule has 6 nitrogen and oxygen atoms in total. The summed E-state index contributed by atoms with van der Waals surface area (Å²) >= 11 is 0.975. The topological polar surface area (TPSA) is 75.7 Å². The molecule has 3 rings (SSSR count). The van der Waals surface area contributed by atoms with Gasteiger partial charge in [-0.05, 0) is 41.8 Å². The van der Waals surface area contributed by atoms with Crippen molar-refractivity contribution in [3.8, 4) is 5.75 Å². The number of benzene rings is 2. The molecule has 0 saturated carbocycles. The van der Waals surface area contributed by atoms with Gasteiger partial charge in [-0.25, -0.2) is 8.42 Å². The van der Waals surface area contributed by atoms with Crippen LogP contribution in [0, 0.1) is 0 Å². The highest BCUT2D eigenvalue weighted by Crippen LogP contribution is 2.34. The number of nitrogens with one attached hydrogen (secondary N) is 1. The number of rotatable bonds is 7. The van der Waals surface area contributed by atoms with Gasteiger partial charge < -0.3 is 10.1 Å². The van der Waals surface area contributed by atoms with Crippen LogP contribution in [-0.4, -0.2) is 28.0 Å². The van der Waals surface area contributed by atoms with Gasteiger partial charge in [0.1, 0.15) is 16.5 Å². The highest BCUT2D eigenvalue weighted by atomic mass is 32.2. The van der Waals surface area contributed by atoms with E-state index in [2.05, 4.69) is 5.32 Å². The van der Waals surface area contributed by atoms with E-state index in [4.69, 9.17) is 4.74 Å². The third-order valence-electron chi connectivity index (χ3n) is 4.15. The van der Waals surface area contributed by atoms with Gasteiger partial charge in [-0.3, -0.25) is 9.10 Å². The van der Waals surface area contributed by atoms with Crippen LogP contribution in [0.3, 0.4) is 0 Å². The van der Waals surface area contributed by atoms with Crippen molar-refractivity contribution in [2.24, 2.45) is 0 Å². The van der Waals surface area contributed by atoms with E-state index < -0.39 is 34.2 Å². The fraction of sp³-hybridized carbons (Fsp3) is 0.150. The molecule has 0 spiro atoms. The van der Waals surface area contributed by atoms with Gasteiger partial charge in [0.25, 0.3) is 10.0 Å². The first-order valence-corrected chi connectivity index (χ1v) is 11.1. The number of carbonyl (C=O) groups excluding carboxylic acids is 1. The van der Waals surface area contributed by atoms with Crippen molar-refractivity contribution in [1.82, 2.24) is 0 Å². The van der Waals surface area contributed by atoms with E-state index in [1.54, 1.807) is 23.6 Å². The molecule has 0 fully saturated rings. The van der Waals surface area contributed by atoms with Gasteiger partial charge in [0.05, 0.1) is 18.4 Å². The van der Waals surface area contributed by atoms with Crippen molar-refractivity contribution >= 4 is 38.6 Å². The second-order valence-electron chi connectivity index (χ2n) is 6.24. The van der Waals surface area contributed by atoms with Crippen molar-refractivity contribution in [3.05, 3.63) is 71.6 Å². The number of carbonyl (C=O) groups is 1. The Morgan fingerprint density at radius 2 is 1.84 bits per heavy atom. The van der Waals surface area contributed by atoms with E-state index in [1.807, 2.05) is 0 Å². The summed E-state index contributed by atoms with van der Waals surface area (Å²) in [6.07, 6.45) is -4.58. The standard InChI is InChI=1S/C20H17F3N2O4S2/c1-29-17-9-3-2-8-16(17)25(31(27,28)19-10-5-11-30-19)13-18(26)24-15-7-4-6-14(12-15)20(21,22)23/h2-12H,13H2,1H3,(H,24,26). The van der Waals surface area contributed by atoms with Crippen molar-refractivity contribution in [1.29, 1.82) is 0 Å². The molecule has 1 N–H and O–H groups in total.